The molecule has 4 saturated carbocycles. The van der Waals surface area contributed by atoms with Gasteiger partial charge in [-0.25, -0.2) is 0 Å². The summed E-state index contributed by atoms with van der Waals surface area (Å²) in [5.41, 5.74) is -1.06. The Morgan fingerprint density at radius 3 is 2.03 bits per heavy atom. The maximum Gasteiger partial charge on any atom is 0.210 e. The van der Waals surface area contributed by atoms with Gasteiger partial charge < -0.3 is 39.4 Å². The lowest BCUT2D eigenvalue weighted by Crippen LogP contribution is -2.78. The minimum atomic E-state index is -1.53. The van der Waals surface area contributed by atoms with Gasteiger partial charge in [-0.05, 0) is 61.8 Å². The molecule has 2 unspecified atom stereocenters. The molecule has 2 saturated heterocycles. The maximum absolute atomic E-state index is 11.4. The van der Waals surface area contributed by atoms with Crippen LogP contribution >= 0.6 is 0 Å². The standard InChI is InChI=1S/C27H38O8/c1-32-27(25-12-16-9-17(13-25)11-18(10-16)14-25)26(33-7-8-34-27,19-5-3-2-4-6-19)24-23(31)22(30)21(29)20(15-28)35-24/h2-6,16-18,20-24,28-31H,7-15H2,1H3/t16?,17?,18?,20-,21+,22+,23-,24-,25?,26?,27?/m1/s1. The minimum Gasteiger partial charge on any atom is -0.394 e. The summed E-state index contributed by atoms with van der Waals surface area (Å²) in [6.45, 7) is 0.0769. The molecule has 0 amide bonds. The summed E-state index contributed by atoms with van der Waals surface area (Å²) < 4.78 is 26.3. The van der Waals surface area contributed by atoms with Crippen LogP contribution in [-0.2, 0) is 24.5 Å². The molecule has 2 aliphatic heterocycles. The van der Waals surface area contributed by atoms with Crippen LogP contribution in [0.4, 0.5) is 0 Å². The first kappa shape index (κ1) is 24.2. The van der Waals surface area contributed by atoms with E-state index in [1.807, 2.05) is 30.3 Å². The number of benzene rings is 1. The van der Waals surface area contributed by atoms with Crippen LogP contribution in [0.5, 0.6) is 0 Å². The van der Waals surface area contributed by atoms with E-state index in [0.717, 1.165) is 24.8 Å². The highest BCUT2D eigenvalue weighted by Crippen LogP contribution is 2.69. The first-order chi connectivity index (χ1) is 16.9. The normalized spacial score (nSPS) is 51.5. The monoisotopic (exact) mass is 490 g/mol. The van der Waals surface area contributed by atoms with Crippen molar-refractivity contribution in [3.63, 3.8) is 0 Å². The number of methoxy groups -OCH3 is 1. The van der Waals surface area contributed by atoms with E-state index in [1.54, 1.807) is 7.11 Å². The van der Waals surface area contributed by atoms with Crippen molar-refractivity contribution < 1.29 is 39.4 Å². The van der Waals surface area contributed by atoms with E-state index in [-0.39, 0.29) is 12.0 Å². The SMILES string of the molecule is COC1(C23CC4CC(CC(C4)C2)C3)OCCOC1(c1ccccc1)[C@@H]1O[C@H](CO)[C@H](O)[C@H](O)[C@H]1O. The fourth-order valence-electron chi connectivity index (χ4n) is 8.91. The van der Waals surface area contributed by atoms with Crippen LogP contribution in [0, 0.1) is 23.2 Å². The number of hydrogen-bond donors (Lipinski definition) is 4. The third-order valence-electron chi connectivity index (χ3n) is 9.73. The number of rotatable bonds is 5. The molecular formula is C27H38O8. The van der Waals surface area contributed by atoms with Crippen LogP contribution in [0.2, 0.25) is 0 Å². The highest BCUT2D eigenvalue weighted by atomic mass is 16.7. The molecule has 6 fully saturated rings. The molecular weight excluding hydrogens is 452 g/mol. The lowest BCUT2D eigenvalue weighted by Gasteiger charge is -2.68. The molecule has 1 aromatic carbocycles. The van der Waals surface area contributed by atoms with Crippen molar-refractivity contribution in [3.8, 4) is 0 Å². The van der Waals surface area contributed by atoms with Gasteiger partial charge in [0.1, 0.15) is 30.5 Å². The van der Waals surface area contributed by atoms with Gasteiger partial charge in [0.05, 0.1) is 19.8 Å². The van der Waals surface area contributed by atoms with Gasteiger partial charge >= 0.3 is 0 Å². The van der Waals surface area contributed by atoms with Gasteiger partial charge in [-0.15, -0.1) is 0 Å². The Labute approximate surface area is 206 Å². The molecule has 7 atom stereocenters. The number of ether oxygens (including phenoxy) is 4. The number of hydrogen-bond acceptors (Lipinski definition) is 8. The first-order valence-corrected chi connectivity index (χ1v) is 13.1. The second-order valence-corrected chi connectivity index (χ2v) is 11.6. The maximum atomic E-state index is 11.4. The number of aliphatic hydroxyl groups excluding tert-OH is 4. The van der Waals surface area contributed by atoms with Crippen molar-refractivity contribution >= 4 is 0 Å². The Bertz CT molecular complexity index is 872. The van der Waals surface area contributed by atoms with Crippen LogP contribution in [0.3, 0.4) is 0 Å². The summed E-state index contributed by atoms with van der Waals surface area (Å²) in [6, 6.07) is 9.56. The molecule has 4 N–H and O–H groups in total. The van der Waals surface area contributed by atoms with Gasteiger partial charge in [0.2, 0.25) is 5.79 Å². The molecule has 0 aromatic heterocycles. The molecule has 7 rings (SSSR count). The van der Waals surface area contributed by atoms with Crippen LogP contribution in [-0.4, -0.2) is 83.7 Å². The Balaban J connectivity index is 1.56. The van der Waals surface area contributed by atoms with Gasteiger partial charge in [-0.2, -0.15) is 0 Å². The van der Waals surface area contributed by atoms with E-state index in [1.165, 1.54) is 19.3 Å². The van der Waals surface area contributed by atoms with E-state index >= 15 is 0 Å². The van der Waals surface area contributed by atoms with Crippen LogP contribution in [0.15, 0.2) is 30.3 Å². The zero-order valence-corrected chi connectivity index (χ0v) is 20.3. The smallest absolute Gasteiger partial charge is 0.210 e. The fraction of sp³-hybridized carbons (Fsp3) is 0.778. The van der Waals surface area contributed by atoms with Gasteiger partial charge in [0.25, 0.3) is 0 Å². The molecule has 8 nitrogen and oxygen atoms in total. The average molecular weight is 491 g/mol. The van der Waals surface area contributed by atoms with E-state index in [9.17, 15) is 20.4 Å². The molecule has 35 heavy (non-hydrogen) atoms. The summed E-state index contributed by atoms with van der Waals surface area (Å²) in [5, 5.41) is 42.7. The highest BCUT2D eigenvalue weighted by molar-refractivity contribution is 5.33. The molecule has 2 heterocycles. The molecule has 194 valence electrons. The topological polar surface area (TPSA) is 118 Å². The van der Waals surface area contributed by atoms with Crippen LogP contribution < -0.4 is 0 Å². The largest absolute Gasteiger partial charge is 0.394 e. The van der Waals surface area contributed by atoms with E-state index < -0.39 is 48.5 Å². The lowest BCUT2D eigenvalue weighted by molar-refractivity contribution is -0.452. The zero-order valence-electron chi connectivity index (χ0n) is 20.3. The second-order valence-electron chi connectivity index (χ2n) is 11.6. The average Bonchev–Trinajstić information content (AvgIpc) is 2.87. The molecule has 1 aromatic rings. The summed E-state index contributed by atoms with van der Waals surface area (Å²) >= 11 is 0. The minimum absolute atomic E-state index is 0.251. The zero-order chi connectivity index (χ0) is 24.4. The van der Waals surface area contributed by atoms with Crippen molar-refractivity contribution in [2.24, 2.45) is 23.2 Å². The predicted octanol–water partition coefficient (Wildman–Crippen LogP) is 1.33. The molecule has 0 radical (unpaired) electrons. The third-order valence-corrected chi connectivity index (χ3v) is 9.73. The molecule has 6 aliphatic rings. The summed E-state index contributed by atoms with van der Waals surface area (Å²) in [6.07, 6.45) is -0.133. The van der Waals surface area contributed by atoms with Crippen molar-refractivity contribution in [1.29, 1.82) is 0 Å². The Kier molecular flexibility index (Phi) is 6.05. The molecule has 0 spiro atoms. The Hall–Kier alpha value is -1.10. The van der Waals surface area contributed by atoms with Gasteiger partial charge in [0, 0.05) is 12.5 Å². The third kappa shape index (κ3) is 3.28. The summed E-state index contributed by atoms with van der Waals surface area (Å²) in [7, 11) is 1.65. The molecule has 8 heteroatoms. The van der Waals surface area contributed by atoms with Crippen molar-refractivity contribution in [1.82, 2.24) is 0 Å². The quantitative estimate of drug-likeness (QED) is 0.488. The van der Waals surface area contributed by atoms with Crippen molar-refractivity contribution in [2.75, 3.05) is 26.9 Å². The van der Waals surface area contributed by atoms with Crippen LogP contribution in [0.25, 0.3) is 0 Å². The van der Waals surface area contributed by atoms with Crippen molar-refractivity contribution in [3.05, 3.63) is 35.9 Å². The molecule has 4 aliphatic carbocycles. The molecule has 4 bridgehead atoms. The van der Waals surface area contributed by atoms with Crippen molar-refractivity contribution in [2.45, 2.75) is 80.4 Å². The van der Waals surface area contributed by atoms with Gasteiger partial charge in [-0.3, -0.25) is 0 Å². The Morgan fingerprint density at radius 1 is 0.857 bits per heavy atom. The highest BCUT2D eigenvalue weighted by Gasteiger charge is 2.75. The lowest BCUT2D eigenvalue weighted by atomic mass is 9.44. The predicted molar refractivity (Wildman–Crippen MR) is 124 cm³/mol. The number of aliphatic hydroxyl groups is 4. The van der Waals surface area contributed by atoms with Gasteiger partial charge in [-0.1, -0.05) is 30.3 Å². The second kappa shape index (κ2) is 8.74. The van der Waals surface area contributed by atoms with E-state index in [2.05, 4.69) is 0 Å². The summed E-state index contributed by atoms with van der Waals surface area (Å²) in [5.74, 6) is 0.509. The van der Waals surface area contributed by atoms with E-state index in [0.29, 0.717) is 24.4 Å². The first-order valence-electron chi connectivity index (χ1n) is 13.1. The van der Waals surface area contributed by atoms with E-state index in [4.69, 9.17) is 18.9 Å². The Morgan fingerprint density at radius 2 is 1.46 bits per heavy atom. The van der Waals surface area contributed by atoms with Crippen LogP contribution in [0.1, 0.15) is 44.1 Å². The fourth-order valence-corrected chi connectivity index (χ4v) is 8.91. The van der Waals surface area contributed by atoms with Gasteiger partial charge in [0.15, 0.2) is 5.60 Å². The summed E-state index contributed by atoms with van der Waals surface area (Å²) in [4.78, 5) is 0.